The van der Waals surface area contributed by atoms with Gasteiger partial charge in [-0.25, -0.2) is 13.1 Å². The van der Waals surface area contributed by atoms with E-state index in [2.05, 4.69) is 16.7 Å². The molecule has 2 unspecified atom stereocenters. The van der Waals surface area contributed by atoms with E-state index in [4.69, 9.17) is 5.11 Å². The van der Waals surface area contributed by atoms with Gasteiger partial charge < -0.3 is 5.11 Å². The van der Waals surface area contributed by atoms with Crippen LogP contribution in [0.25, 0.3) is 0 Å². The summed E-state index contributed by atoms with van der Waals surface area (Å²) in [5, 5.41) is 13.2. The van der Waals surface area contributed by atoms with Crippen molar-refractivity contribution in [3.05, 3.63) is 11.4 Å². The number of aryl methyl sites for hydroxylation is 1. The van der Waals surface area contributed by atoms with Crippen LogP contribution >= 0.6 is 0 Å². The Kier molecular flexibility index (Phi) is 4.51. The molecule has 1 aliphatic rings. The molecular formula is C13H23N3O3S. The third kappa shape index (κ3) is 2.89. The van der Waals surface area contributed by atoms with E-state index in [1.54, 1.807) is 18.5 Å². The second-order valence-electron chi connectivity index (χ2n) is 5.58. The van der Waals surface area contributed by atoms with Crippen molar-refractivity contribution in [3.63, 3.8) is 0 Å². The summed E-state index contributed by atoms with van der Waals surface area (Å²) in [6.07, 6.45) is 3.02. The third-order valence-corrected chi connectivity index (χ3v) is 5.80. The highest BCUT2D eigenvalue weighted by atomic mass is 32.2. The van der Waals surface area contributed by atoms with Crippen LogP contribution in [0.2, 0.25) is 0 Å². The van der Waals surface area contributed by atoms with E-state index in [-0.39, 0.29) is 17.5 Å². The van der Waals surface area contributed by atoms with Crippen LogP contribution in [-0.4, -0.2) is 36.0 Å². The molecule has 1 aromatic heterocycles. The fraction of sp³-hybridized carbons (Fsp3) is 0.769. The van der Waals surface area contributed by atoms with Gasteiger partial charge in [0, 0.05) is 6.04 Å². The lowest BCUT2D eigenvalue weighted by molar-refractivity contribution is 0.267. The number of nitrogens with one attached hydrogen (secondary N) is 1. The minimum Gasteiger partial charge on any atom is -0.394 e. The van der Waals surface area contributed by atoms with E-state index in [9.17, 15) is 8.42 Å². The average Bonchev–Trinajstić information content (AvgIpc) is 2.85. The highest BCUT2D eigenvalue weighted by Crippen LogP contribution is 2.27. The first-order valence-corrected chi connectivity index (χ1v) is 8.52. The standard InChI is InChI=1S/C13H23N3O3S/c1-9-5-4-6-12(9)15-20(18,19)13-10(2)14-16(7-8-17)11(13)3/h9,12,15,17H,4-8H2,1-3H3. The molecule has 0 aromatic carbocycles. The Hall–Kier alpha value is -0.920. The number of aromatic nitrogens is 2. The van der Waals surface area contributed by atoms with Gasteiger partial charge in [0.15, 0.2) is 0 Å². The van der Waals surface area contributed by atoms with Gasteiger partial charge in [-0.1, -0.05) is 13.3 Å². The average molecular weight is 301 g/mol. The highest BCUT2D eigenvalue weighted by Gasteiger charge is 2.31. The van der Waals surface area contributed by atoms with Crippen LogP contribution in [0.4, 0.5) is 0 Å². The molecule has 0 amide bonds. The minimum atomic E-state index is -3.55. The number of aliphatic hydroxyl groups is 1. The number of sulfonamides is 1. The lowest BCUT2D eigenvalue weighted by Gasteiger charge is -2.17. The number of hydrogen-bond donors (Lipinski definition) is 2. The number of aliphatic hydroxyl groups excluding tert-OH is 1. The molecule has 1 heterocycles. The van der Waals surface area contributed by atoms with Gasteiger partial charge in [0.2, 0.25) is 10.0 Å². The van der Waals surface area contributed by atoms with Crippen molar-refractivity contribution in [2.75, 3.05) is 6.61 Å². The molecule has 0 radical (unpaired) electrons. The predicted molar refractivity (Wildman–Crippen MR) is 75.9 cm³/mol. The lowest BCUT2D eigenvalue weighted by atomic mass is 10.1. The van der Waals surface area contributed by atoms with Crippen LogP contribution in [0, 0.1) is 19.8 Å². The van der Waals surface area contributed by atoms with Crippen LogP contribution in [0.1, 0.15) is 37.6 Å². The first-order valence-electron chi connectivity index (χ1n) is 7.04. The van der Waals surface area contributed by atoms with Crippen molar-refractivity contribution in [1.29, 1.82) is 0 Å². The first-order chi connectivity index (χ1) is 9.36. The third-order valence-electron chi connectivity index (χ3n) is 4.06. The number of rotatable bonds is 5. The van der Waals surface area contributed by atoms with Gasteiger partial charge in [-0.2, -0.15) is 5.10 Å². The molecule has 1 aliphatic carbocycles. The highest BCUT2D eigenvalue weighted by molar-refractivity contribution is 7.89. The van der Waals surface area contributed by atoms with E-state index in [0.717, 1.165) is 19.3 Å². The fourth-order valence-corrected chi connectivity index (χ4v) is 4.75. The van der Waals surface area contributed by atoms with Crippen molar-refractivity contribution in [1.82, 2.24) is 14.5 Å². The Morgan fingerprint density at radius 2 is 2.10 bits per heavy atom. The molecule has 0 spiro atoms. The molecule has 0 saturated heterocycles. The van der Waals surface area contributed by atoms with Crippen LogP contribution in [0.15, 0.2) is 4.90 Å². The molecule has 1 fully saturated rings. The maximum Gasteiger partial charge on any atom is 0.244 e. The molecule has 20 heavy (non-hydrogen) atoms. The van der Waals surface area contributed by atoms with Crippen molar-refractivity contribution in [3.8, 4) is 0 Å². The Labute approximate surface area is 120 Å². The number of hydrogen-bond acceptors (Lipinski definition) is 4. The molecule has 2 atom stereocenters. The molecule has 1 saturated carbocycles. The van der Waals surface area contributed by atoms with Crippen LogP contribution < -0.4 is 4.72 Å². The van der Waals surface area contributed by atoms with Crippen LogP contribution in [0.3, 0.4) is 0 Å². The molecule has 2 rings (SSSR count). The van der Waals surface area contributed by atoms with Crippen molar-refractivity contribution >= 4 is 10.0 Å². The summed E-state index contributed by atoms with van der Waals surface area (Å²) in [5.74, 6) is 0.373. The largest absolute Gasteiger partial charge is 0.394 e. The summed E-state index contributed by atoms with van der Waals surface area (Å²) in [6, 6.07) is 0.0139. The zero-order valence-corrected chi connectivity index (χ0v) is 13.1. The summed E-state index contributed by atoms with van der Waals surface area (Å²) in [4.78, 5) is 0.255. The summed E-state index contributed by atoms with van der Waals surface area (Å²) in [7, 11) is -3.55. The van der Waals surface area contributed by atoms with Gasteiger partial charge in [0.1, 0.15) is 4.90 Å². The van der Waals surface area contributed by atoms with Crippen LogP contribution in [-0.2, 0) is 16.6 Å². The van der Waals surface area contributed by atoms with Gasteiger partial charge in [0.05, 0.1) is 24.5 Å². The van der Waals surface area contributed by atoms with Gasteiger partial charge >= 0.3 is 0 Å². The van der Waals surface area contributed by atoms with Crippen molar-refractivity contribution < 1.29 is 13.5 Å². The fourth-order valence-electron chi connectivity index (χ4n) is 2.96. The van der Waals surface area contributed by atoms with E-state index in [1.807, 2.05) is 0 Å². The zero-order chi connectivity index (χ0) is 14.9. The predicted octanol–water partition coefficient (Wildman–Crippen LogP) is 0.959. The summed E-state index contributed by atoms with van der Waals surface area (Å²) in [5.41, 5.74) is 1.06. The SMILES string of the molecule is Cc1nn(CCO)c(C)c1S(=O)(=O)NC1CCCC1C. The Morgan fingerprint density at radius 3 is 2.65 bits per heavy atom. The zero-order valence-electron chi connectivity index (χ0n) is 12.3. The summed E-state index contributed by atoms with van der Waals surface area (Å²) < 4.78 is 29.5. The smallest absolute Gasteiger partial charge is 0.244 e. The molecule has 0 aliphatic heterocycles. The lowest BCUT2D eigenvalue weighted by Crippen LogP contribution is -2.36. The van der Waals surface area contributed by atoms with Gasteiger partial charge in [-0.3, -0.25) is 4.68 Å². The number of nitrogens with zero attached hydrogens (tertiary/aromatic N) is 2. The minimum absolute atomic E-state index is 0.0139. The first kappa shape index (κ1) is 15.5. The van der Waals surface area contributed by atoms with E-state index >= 15 is 0 Å². The second-order valence-corrected chi connectivity index (χ2v) is 7.23. The molecule has 6 nitrogen and oxygen atoms in total. The Morgan fingerprint density at radius 1 is 1.40 bits per heavy atom. The maximum atomic E-state index is 12.6. The molecule has 114 valence electrons. The molecule has 2 N–H and O–H groups in total. The van der Waals surface area contributed by atoms with E-state index in [1.165, 1.54) is 0 Å². The molecular weight excluding hydrogens is 278 g/mol. The molecule has 0 bridgehead atoms. The molecule has 7 heteroatoms. The Bertz CT molecular complexity index is 580. The van der Waals surface area contributed by atoms with Crippen molar-refractivity contribution in [2.45, 2.75) is 57.5 Å². The van der Waals surface area contributed by atoms with E-state index < -0.39 is 10.0 Å². The van der Waals surface area contributed by atoms with Gasteiger partial charge in [-0.05, 0) is 32.6 Å². The monoisotopic (exact) mass is 301 g/mol. The topological polar surface area (TPSA) is 84.2 Å². The van der Waals surface area contributed by atoms with Crippen molar-refractivity contribution in [2.24, 2.45) is 5.92 Å². The summed E-state index contributed by atoms with van der Waals surface area (Å²) >= 11 is 0. The second kappa shape index (κ2) is 5.83. The van der Waals surface area contributed by atoms with Crippen LogP contribution in [0.5, 0.6) is 0 Å². The van der Waals surface area contributed by atoms with E-state index in [0.29, 0.717) is 23.9 Å². The maximum absolute atomic E-state index is 12.6. The van der Waals surface area contributed by atoms with Gasteiger partial charge in [-0.15, -0.1) is 0 Å². The Balaban J connectivity index is 2.29. The normalized spacial score (nSPS) is 23.4. The quantitative estimate of drug-likeness (QED) is 0.848. The van der Waals surface area contributed by atoms with Gasteiger partial charge in [0.25, 0.3) is 0 Å². The molecule has 1 aromatic rings. The summed E-state index contributed by atoms with van der Waals surface area (Å²) in [6.45, 7) is 5.74.